The van der Waals surface area contributed by atoms with Gasteiger partial charge in [-0.3, -0.25) is 9.36 Å². The van der Waals surface area contributed by atoms with Crippen molar-refractivity contribution in [2.45, 2.75) is 48.5 Å². The first-order valence-electron chi connectivity index (χ1n) is 9.21. The highest BCUT2D eigenvalue weighted by Gasteiger charge is 2.24. The Labute approximate surface area is 178 Å². The van der Waals surface area contributed by atoms with E-state index in [9.17, 15) is 4.79 Å². The summed E-state index contributed by atoms with van der Waals surface area (Å²) in [5.41, 5.74) is 2.81. The van der Waals surface area contributed by atoms with Gasteiger partial charge in [-0.1, -0.05) is 48.6 Å². The van der Waals surface area contributed by atoms with Gasteiger partial charge in [0.2, 0.25) is 0 Å². The van der Waals surface area contributed by atoms with E-state index in [1.165, 1.54) is 30.6 Å². The first kappa shape index (κ1) is 21.3. The number of methoxy groups -OCH3 is 1. The maximum Gasteiger partial charge on any atom is 0.319 e. The molecule has 0 fully saturated rings. The number of aromatic nitrogens is 5. The highest BCUT2D eigenvalue weighted by molar-refractivity contribution is 8.00. The van der Waals surface area contributed by atoms with Crippen molar-refractivity contribution >= 4 is 29.5 Å². The van der Waals surface area contributed by atoms with E-state index in [1.807, 2.05) is 61.7 Å². The van der Waals surface area contributed by atoms with Gasteiger partial charge in [0.25, 0.3) is 0 Å². The third-order valence-electron chi connectivity index (χ3n) is 4.09. The number of thioether (sulfide) groups is 2. The van der Waals surface area contributed by atoms with Crippen molar-refractivity contribution in [3.8, 4) is 5.69 Å². The Morgan fingerprint density at radius 1 is 1.14 bits per heavy atom. The lowest BCUT2D eigenvalue weighted by Crippen LogP contribution is -2.18. The Balaban J connectivity index is 1.90. The van der Waals surface area contributed by atoms with Gasteiger partial charge in [0.1, 0.15) is 11.1 Å². The molecule has 1 aromatic carbocycles. The highest BCUT2D eigenvalue weighted by atomic mass is 32.2. The van der Waals surface area contributed by atoms with E-state index < -0.39 is 0 Å². The van der Waals surface area contributed by atoms with Crippen LogP contribution in [-0.2, 0) is 15.3 Å². The molecular weight excluding hydrogens is 406 g/mol. The molecule has 7 nitrogen and oxygen atoms in total. The van der Waals surface area contributed by atoms with Crippen LogP contribution in [0.1, 0.15) is 30.6 Å². The first-order valence-corrected chi connectivity index (χ1v) is 11.1. The Morgan fingerprint density at radius 2 is 1.83 bits per heavy atom. The maximum absolute atomic E-state index is 12.1. The molecule has 1 atom stereocenters. The minimum atomic E-state index is -0.338. The molecule has 0 bridgehead atoms. The average molecular weight is 430 g/mol. The average Bonchev–Trinajstić information content (AvgIpc) is 3.12. The van der Waals surface area contributed by atoms with Crippen molar-refractivity contribution in [2.24, 2.45) is 0 Å². The topological polar surface area (TPSA) is 82.8 Å². The van der Waals surface area contributed by atoms with E-state index in [0.717, 1.165) is 22.9 Å². The van der Waals surface area contributed by atoms with Gasteiger partial charge in [-0.2, -0.15) is 0 Å². The van der Waals surface area contributed by atoms with Crippen molar-refractivity contribution in [2.75, 3.05) is 7.11 Å². The zero-order valence-corrected chi connectivity index (χ0v) is 18.5. The number of rotatable bonds is 8. The fraction of sp³-hybridized carbons (Fsp3) is 0.350. The SMILES string of the molecule is CCC(Sc1nnc(CSc2nc(C)cc(C)n2)n1-c1ccccc1)C(=O)OC. The summed E-state index contributed by atoms with van der Waals surface area (Å²) in [6.45, 7) is 5.86. The predicted molar refractivity (Wildman–Crippen MR) is 114 cm³/mol. The summed E-state index contributed by atoms with van der Waals surface area (Å²) < 4.78 is 6.90. The molecule has 2 aromatic heterocycles. The normalized spacial score (nSPS) is 12.0. The number of carbonyl (C=O) groups is 1. The summed E-state index contributed by atoms with van der Waals surface area (Å²) in [5, 5.41) is 9.78. The lowest BCUT2D eigenvalue weighted by Gasteiger charge is -2.14. The van der Waals surface area contributed by atoms with Gasteiger partial charge in [-0.05, 0) is 38.5 Å². The van der Waals surface area contributed by atoms with Gasteiger partial charge in [0.15, 0.2) is 10.3 Å². The van der Waals surface area contributed by atoms with Crippen molar-refractivity contribution in [3.05, 3.63) is 53.6 Å². The largest absolute Gasteiger partial charge is 0.468 e. The Morgan fingerprint density at radius 3 is 2.45 bits per heavy atom. The van der Waals surface area contributed by atoms with Crippen LogP contribution in [0.4, 0.5) is 0 Å². The number of esters is 1. The first-order chi connectivity index (χ1) is 14.0. The molecular formula is C20H23N5O2S2. The minimum absolute atomic E-state index is 0.264. The number of benzene rings is 1. The zero-order chi connectivity index (χ0) is 20.8. The number of nitrogens with zero attached hydrogens (tertiary/aromatic N) is 5. The van der Waals surface area contributed by atoms with Gasteiger partial charge in [-0.15, -0.1) is 10.2 Å². The van der Waals surface area contributed by atoms with Crippen LogP contribution in [0.3, 0.4) is 0 Å². The van der Waals surface area contributed by atoms with Crippen LogP contribution in [0.2, 0.25) is 0 Å². The number of hydrogen-bond donors (Lipinski definition) is 0. The van der Waals surface area contributed by atoms with Crippen molar-refractivity contribution in [3.63, 3.8) is 0 Å². The monoisotopic (exact) mass is 429 g/mol. The predicted octanol–water partition coefficient (Wildman–Crippen LogP) is 4.01. The lowest BCUT2D eigenvalue weighted by atomic mass is 10.3. The zero-order valence-electron chi connectivity index (χ0n) is 16.8. The van der Waals surface area contributed by atoms with Crippen LogP contribution in [-0.4, -0.2) is 43.1 Å². The molecule has 3 aromatic rings. The van der Waals surface area contributed by atoms with E-state index in [1.54, 1.807) is 0 Å². The molecule has 0 aliphatic carbocycles. The second-order valence-electron chi connectivity index (χ2n) is 6.33. The van der Waals surface area contributed by atoms with Gasteiger partial charge in [0, 0.05) is 17.1 Å². The number of carbonyl (C=O) groups excluding carboxylic acids is 1. The van der Waals surface area contributed by atoms with Crippen LogP contribution in [0, 0.1) is 13.8 Å². The summed E-state index contributed by atoms with van der Waals surface area (Å²) >= 11 is 2.88. The molecule has 152 valence electrons. The molecule has 0 saturated carbocycles. The molecule has 0 spiro atoms. The minimum Gasteiger partial charge on any atom is -0.468 e. The van der Waals surface area contributed by atoms with Crippen LogP contribution >= 0.6 is 23.5 Å². The molecule has 0 saturated heterocycles. The van der Waals surface area contributed by atoms with Gasteiger partial charge in [0.05, 0.1) is 12.9 Å². The third-order valence-corrected chi connectivity index (χ3v) is 6.22. The number of ether oxygens (including phenoxy) is 1. The van der Waals surface area contributed by atoms with E-state index >= 15 is 0 Å². The summed E-state index contributed by atoms with van der Waals surface area (Å²) in [6.07, 6.45) is 0.638. The molecule has 0 N–H and O–H groups in total. The van der Waals surface area contributed by atoms with E-state index in [-0.39, 0.29) is 11.2 Å². The van der Waals surface area contributed by atoms with Crippen LogP contribution in [0.15, 0.2) is 46.7 Å². The van der Waals surface area contributed by atoms with Gasteiger partial charge < -0.3 is 4.74 Å². The highest BCUT2D eigenvalue weighted by Crippen LogP contribution is 2.30. The molecule has 0 amide bonds. The lowest BCUT2D eigenvalue weighted by molar-refractivity contribution is -0.140. The number of aryl methyl sites for hydroxylation is 2. The van der Waals surface area contributed by atoms with Crippen LogP contribution < -0.4 is 0 Å². The molecule has 3 rings (SSSR count). The summed E-state index contributed by atoms with van der Waals surface area (Å²) in [7, 11) is 1.40. The maximum atomic E-state index is 12.1. The van der Waals surface area contributed by atoms with Crippen molar-refractivity contribution in [1.82, 2.24) is 24.7 Å². The molecule has 2 heterocycles. The van der Waals surface area contributed by atoms with Gasteiger partial charge in [-0.25, -0.2) is 9.97 Å². The van der Waals surface area contributed by atoms with Crippen molar-refractivity contribution in [1.29, 1.82) is 0 Å². The van der Waals surface area contributed by atoms with E-state index in [2.05, 4.69) is 20.2 Å². The molecule has 0 radical (unpaired) electrons. The molecule has 0 aliphatic rings. The number of para-hydroxylation sites is 1. The Kier molecular flexibility index (Phi) is 7.27. The molecule has 29 heavy (non-hydrogen) atoms. The Bertz CT molecular complexity index is 958. The Hall–Kier alpha value is -2.39. The fourth-order valence-electron chi connectivity index (χ4n) is 2.75. The molecule has 1 unspecified atom stereocenters. The quantitative estimate of drug-likeness (QED) is 0.302. The van der Waals surface area contributed by atoms with Crippen molar-refractivity contribution < 1.29 is 9.53 Å². The second kappa shape index (κ2) is 9.89. The summed E-state index contributed by atoms with van der Waals surface area (Å²) in [4.78, 5) is 21.0. The smallest absolute Gasteiger partial charge is 0.319 e. The van der Waals surface area contributed by atoms with E-state index in [0.29, 0.717) is 22.5 Å². The fourth-order valence-corrected chi connectivity index (χ4v) is 4.63. The van der Waals surface area contributed by atoms with E-state index in [4.69, 9.17) is 4.74 Å². The standard InChI is InChI=1S/C20H23N5O2S2/c1-5-16(18(26)27-4)29-20-24-23-17(25(20)15-9-7-6-8-10-15)12-28-19-21-13(2)11-14(3)22-19/h6-11,16H,5,12H2,1-4H3. The van der Waals surface area contributed by atoms with Gasteiger partial charge >= 0.3 is 5.97 Å². The van der Waals surface area contributed by atoms with Crippen LogP contribution in [0.5, 0.6) is 0 Å². The summed E-state index contributed by atoms with van der Waals surface area (Å²) in [6, 6.07) is 11.8. The third kappa shape index (κ3) is 5.36. The molecule has 9 heteroatoms. The molecule has 0 aliphatic heterocycles. The summed E-state index contributed by atoms with van der Waals surface area (Å²) in [5.74, 6) is 1.06. The number of hydrogen-bond acceptors (Lipinski definition) is 8. The second-order valence-corrected chi connectivity index (χ2v) is 8.44. The van der Waals surface area contributed by atoms with Crippen LogP contribution in [0.25, 0.3) is 5.69 Å².